The van der Waals surface area contributed by atoms with Crippen molar-refractivity contribution < 1.29 is 29.0 Å². The molecule has 5 aliphatic carbocycles. The average Bonchev–Trinajstić information content (AvgIpc) is 3.22. The van der Waals surface area contributed by atoms with E-state index in [4.69, 9.17) is 4.74 Å². The quantitative estimate of drug-likeness (QED) is 0.328. The van der Waals surface area contributed by atoms with Crippen molar-refractivity contribution in [2.45, 2.75) is 126 Å². The van der Waals surface area contributed by atoms with Gasteiger partial charge in [0.2, 0.25) is 5.91 Å². The number of rotatable bonds is 6. The molecule has 0 aromatic heterocycles. The van der Waals surface area contributed by atoms with Crippen LogP contribution in [0.25, 0.3) is 0 Å². The number of carboxylic acid groups (broad SMARTS) is 1. The fourth-order valence-electron chi connectivity index (χ4n) is 11.6. The summed E-state index contributed by atoms with van der Waals surface area (Å²) >= 11 is 0. The van der Waals surface area contributed by atoms with Gasteiger partial charge in [-0.1, -0.05) is 41.5 Å². The summed E-state index contributed by atoms with van der Waals surface area (Å²) in [6.07, 6.45) is 7.75. The number of fused-ring (bicyclic) bond motifs is 7. The molecule has 240 valence electrons. The van der Waals surface area contributed by atoms with Crippen molar-refractivity contribution in [3.63, 3.8) is 0 Å². The summed E-state index contributed by atoms with van der Waals surface area (Å²) in [7, 11) is 1.71. The number of aliphatic carboxylic acids is 1. The zero-order chi connectivity index (χ0) is 31.9. The van der Waals surface area contributed by atoms with E-state index in [1.54, 1.807) is 20.9 Å². The third-order valence-corrected chi connectivity index (χ3v) is 13.6. The molecule has 4 saturated carbocycles. The third-order valence-electron chi connectivity index (χ3n) is 13.6. The van der Waals surface area contributed by atoms with Crippen LogP contribution in [0.1, 0.15) is 120 Å². The predicted molar refractivity (Wildman–Crippen MR) is 165 cm³/mol. The number of nitrogens with one attached hydrogen (secondary N) is 1. The highest BCUT2D eigenvalue weighted by Crippen LogP contribution is 2.73. The van der Waals surface area contributed by atoms with Crippen LogP contribution >= 0.6 is 0 Å². The van der Waals surface area contributed by atoms with Gasteiger partial charge in [-0.25, -0.2) is 0 Å². The standard InChI is InChI=1S/C36H55NO6/c1-20(2)28-23(38)18-36(30(40)37-9)17-12-22-21(29(28)36)10-11-25-34(22,7)15-13-24-33(5,6)26(14-16-35(24,25)8)43-27(39)19-32(3,4)31(41)42/h20-22,24-26H,10-19H2,1-9H3,(H,37,40)(H,41,42)/t21?,22?,24?,25?,26-,34-,35-,36?/m0/s1. The van der Waals surface area contributed by atoms with E-state index in [2.05, 4.69) is 46.9 Å². The summed E-state index contributed by atoms with van der Waals surface area (Å²) in [5.41, 5.74) is 0.302. The van der Waals surface area contributed by atoms with Crippen molar-refractivity contribution in [3.8, 4) is 0 Å². The van der Waals surface area contributed by atoms with Crippen molar-refractivity contribution in [1.29, 1.82) is 0 Å². The molecule has 43 heavy (non-hydrogen) atoms. The van der Waals surface area contributed by atoms with Crippen LogP contribution in [0.5, 0.6) is 0 Å². The van der Waals surface area contributed by atoms with Crippen LogP contribution in [-0.4, -0.2) is 41.9 Å². The minimum Gasteiger partial charge on any atom is -0.481 e. The van der Waals surface area contributed by atoms with Gasteiger partial charge in [0.25, 0.3) is 0 Å². The van der Waals surface area contributed by atoms with Crippen molar-refractivity contribution >= 4 is 23.6 Å². The minimum absolute atomic E-state index is 0.0225. The van der Waals surface area contributed by atoms with Crippen molar-refractivity contribution in [2.75, 3.05) is 7.05 Å². The van der Waals surface area contributed by atoms with Crippen LogP contribution < -0.4 is 5.32 Å². The maximum absolute atomic E-state index is 13.5. The summed E-state index contributed by atoms with van der Waals surface area (Å²) in [5, 5.41) is 12.5. The number of ether oxygens (including phenoxy) is 1. The summed E-state index contributed by atoms with van der Waals surface area (Å²) in [6.45, 7) is 16.9. The summed E-state index contributed by atoms with van der Waals surface area (Å²) in [4.78, 5) is 51.5. The second-order valence-corrected chi connectivity index (χ2v) is 16.9. The van der Waals surface area contributed by atoms with E-state index in [-0.39, 0.29) is 52.3 Å². The first-order valence-corrected chi connectivity index (χ1v) is 16.8. The molecule has 5 aliphatic rings. The van der Waals surface area contributed by atoms with Gasteiger partial charge in [-0.15, -0.1) is 0 Å². The molecule has 0 heterocycles. The van der Waals surface area contributed by atoms with Gasteiger partial charge in [0.05, 0.1) is 17.3 Å². The maximum Gasteiger partial charge on any atom is 0.309 e. The van der Waals surface area contributed by atoms with Gasteiger partial charge in [-0.3, -0.25) is 19.2 Å². The number of carbonyl (C=O) groups excluding carboxylic acids is 3. The van der Waals surface area contributed by atoms with Crippen molar-refractivity contribution in [2.24, 2.45) is 56.7 Å². The second kappa shape index (κ2) is 10.4. The Hall–Kier alpha value is -2.18. The first-order chi connectivity index (χ1) is 19.9. The van der Waals surface area contributed by atoms with E-state index in [1.165, 1.54) is 5.57 Å². The fraction of sp³-hybridized carbons (Fsp3) is 0.833. The van der Waals surface area contributed by atoms with Gasteiger partial charge in [-0.05, 0) is 117 Å². The van der Waals surface area contributed by atoms with Crippen molar-refractivity contribution in [1.82, 2.24) is 5.32 Å². The van der Waals surface area contributed by atoms with E-state index in [0.717, 1.165) is 56.9 Å². The van der Waals surface area contributed by atoms with E-state index in [1.807, 2.05) is 0 Å². The lowest BCUT2D eigenvalue weighted by molar-refractivity contribution is -0.213. The predicted octanol–water partition coefficient (Wildman–Crippen LogP) is 6.74. The highest BCUT2D eigenvalue weighted by atomic mass is 16.5. The molecule has 0 saturated heterocycles. The number of carboxylic acids is 1. The first-order valence-electron chi connectivity index (χ1n) is 16.8. The molecule has 5 rings (SSSR count). The molecular formula is C36H55NO6. The molecular weight excluding hydrogens is 542 g/mol. The highest BCUT2D eigenvalue weighted by Gasteiger charge is 2.67. The zero-order valence-corrected chi connectivity index (χ0v) is 28.0. The van der Waals surface area contributed by atoms with Crippen LogP contribution in [-0.2, 0) is 23.9 Å². The summed E-state index contributed by atoms with van der Waals surface area (Å²) in [6, 6.07) is 0. The van der Waals surface area contributed by atoms with E-state index < -0.39 is 22.8 Å². The monoisotopic (exact) mass is 597 g/mol. The zero-order valence-electron chi connectivity index (χ0n) is 28.0. The molecule has 0 aromatic rings. The van der Waals surface area contributed by atoms with Gasteiger partial charge in [0.1, 0.15) is 6.10 Å². The van der Waals surface area contributed by atoms with Crippen LogP contribution in [0.3, 0.4) is 0 Å². The van der Waals surface area contributed by atoms with Gasteiger partial charge < -0.3 is 15.2 Å². The number of hydrogen-bond acceptors (Lipinski definition) is 5. The lowest BCUT2D eigenvalue weighted by Crippen LogP contribution is -2.63. The average molecular weight is 598 g/mol. The topological polar surface area (TPSA) is 110 Å². The Bertz CT molecular complexity index is 1250. The van der Waals surface area contributed by atoms with Crippen LogP contribution in [0.15, 0.2) is 11.1 Å². The largest absolute Gasteiger partial charge is 0.481 e. The van der Waals surface area contributed by atoms with Gasteiger partial charge >= 0.3 is 11.9 Å². The lowest BCUT2D eigenvalue weighted by Gasteiger charge is -2.68. The molecule has 7 heteroatoms. The summed E-state index contributed by atoms with van der Waals surface area (Å²) < 4.78 is 6.09. The minimum atomic E-state index is -1.15. The Morgan fingerprint density at radius 3 is 2.21 bits per heavy atom. The highest BCUT2D eigenvalue weighted by molar-refractivity contribution is 6.06. The Morgan fingerprint density at radius 1 is 0.953 bits per heavy atom. The van der Waals surface area contributed by atoms with Crippen LogP contribution in [0.4, 0.5) is 0 Å². The number of hydrogen-bond donors (Lipinski definition) is 2. The molecule has 0 aliphatic heterocycles. The molecule has 8 atom stereocenters. The molecule has 7 nitrogen and oxygen atoms in total. The lowest BCUT2D eigenvalue weighted by atomic mass is 9.36. The smallest absolute Gasteiger partial charge is 0.309 e. The molecule has 0 radical (unpaired) electrons. The van der Waals surface area contributed by atoms with Gasteiger partial charge in [0, 0.05) is 18.9 Å². The number of Topliss-reactive ketones (excluding diaryl/α,β-unsaturated/α-hetero) is 1. The second-order valence-electron chi connectivity index (χ2n) is 16.9. The Balaban J connectivity index is 1.43. The maximum atomic E-state index is 13.5. The number of carbonyl (C=O) groups is 4. The number of ketones is 1. The van der Waals surface area contributed by atoms with Crippen molar-refractivity contribution in [3.05, 3.63) is 11.1 Å². The Morgan fingerprint density at radius 2 is 1.60 bits per heavy atom. The SMILES string of the molecule is CNC(=O)C12CCC3C(CCC4[C@@]3(C)CCC3C(C)(C)[C@@H](OC(=O)CC(C)(C)C(=O)O)CC[C@@]34C)C1=C(C(C)C)C(=O)C2. The molecule has 0 bridgehead atoms. The molecule has 0 aromatic carbocycles. The Kier molecular flexibility index (Phi) is 7.82. The normalized spacial score (nSPS) is 40.2. The van der Waals surface area contributed by atoms with E-state index in [0.29, 0.717) is 24.2 Å². The molecule has 5 unspecified atom stereocenters. The van der Waals surface area contributed by atoms with Gasteiger partial charge in [0.15, 0.2) is 5.78 Å². The molecule has 4 fully saturated rings. The van der Waals surface area contributed by atoms with Gasteiger partial charge in [-0.2, -0.15) is 0 Å². The molecule has 2 N–H and O–H groups in total. The molecule has 1 amide bonds. The first kappa shape index (κ1) is 32.2. The fourth-order valence-corrected chi connectivity index (χ4v) is 11.6. The van der Waals surface area contributed by atoms with E-state index in [9.17, 15) is 24.3 Å². The molecule has 0 spiro atoms. The number of amides is 1. The van der Waals surface area contributed by atoms with Crippen LogP contribution in [0.2, 0.25) is 0 Å². The number of esters is 1. The Labute approximate surface area is 258 Å². The van der Waals surface area contributed by atoms with E-state index >= 15 is 0 Å². The summed E-state index contributed by atoms with van der Waals surface area (Å²) in [5.74, 6) is 0.551. The number of allylic oxidation sites excluding steroid dienone is 1. The van der Waals surface area contributed by atoms with Crippen LogP contribution in [0, 0.1) is 56.7 Å². The third kappa shape index (κ3) is 4.64.